The van der Waals surface area contributed by atoms with Crippen LogP contribution in [0.3, 0.4) is 0 Å². The first-order valence-corrected chi connectivity index (χ1v) is 6.05. The molecule has 0 amide bonds. The van der Waals surface area contributed by atoms with Crippen molar-refractivity contribution in [2.45, 2.75) is 6.92 Å². The van der Waals surface area contributed by atoms with E-state index in [1.165, 1.54) is 12.4 Å². The quantitative estimate of drug-likeness (QED) is 0.362. The van der Waals surface area contributed by atoms with Crippen LogP contribution in [0.4, 0.5) is 11.4 Å². The topological polar surface area (TPSA) is 77.3 Å². The lowest BCUT2D eigenvalue weighted by Gasteiger charge is -2.09. The summed E-state index contributed by atoms with van der Waals surface area (Å²) >= 11 is 3.22. The smallest absolute Gasteiger partial charge is 0.311 e. The highest BCUT2D eigenvalue weighted by Gasteiger charge is 2.16. The average molecular weight is 316 g/mol. The molecule has 0 aliphatic heterocycles. The standard InChI is InChI=1S/C11H14BrN3O3/c1-8(2)7-18-4-3-14-11-9(12)5-13-6-10(11)15(16)17/h5-6H,1,3-4,7H2,2H3,(H,13,14). The maximum atomic E-state index is 10.8. The van der Waals surface area contributed by atoms with Gasteiger partial charge in [0.1, 0.15) is 11.9 Å². The molecule has 0 radical (unpaired) electrons. The van der Waals surface area contributed by atoms with Gasteiger partial charge in [-0.1, -0.05) is 12.2 Å². The maximum absolute atomic E-state index is 10.8. The van der Waals surface area contributed by atoms with Gasteiger partial charge in [0.2, 0.25) is 0 Å². The summed E-state index contributed by atoms with van der Waals surface area (Å²) in [7, 11) is 0. The molecule has 0 fully saturated rings. The molecule has 0 aliphatic carbocycles. The van der Waals surface area contributed by atoms with E-state index in [1.54, 1.807) is 0 Å². The molecule has 18 heavy (non-hydrogen) atoms. The average Bonchev–Trinajstić information content (AvgIpc) is 2.29. The molecule has 1 heterocycles. The van der Waals surface area contributed by atoms with Crippen LogP contribution in [-0.4, -0.2) is 29.7 Å². The van der Waals surface area contributed by atoms with Crippen molar-refractivity contribution in [1.29, 1.82) is 0 Å². The molecule has 0 unspecified atom stereocenters. The van der Waals surface area contributed by atoms with Crippen LogP contribution in [0.5, 0.6) is 0 Å². The Hall–Kier alpha value is -1.47. The fourth-order valence-corrected chi connectivity index (χ4v) is 1.69. The number of nitro groups is 1. The monoisotopic (exact) mass is 315 g/mol. The summed E-state index contributed by atoms with van der Waals surface area (Å²) in [6, 6.07) is 0. The highest BCUT2D eigenvalue weighted by Crippen LogP contribution is 2.30. The number of nitrogens with zero attached hydrogens (tertiary/aromatic N) is 2. The zero-order valence-electron chi connectivity index (χ0n) is 9.98. The molecule has 0 atom stereocenters. The Kier molecular flexibility index (Phi) is 5.73. The molecule has 98 valence electrons. The van der Waals surface area contributed by atoms with Crippen LogP contribution in [0, 0.1) is 10.1 Å². The number of halogens is 1. The minimum atomic E-state index is -0.477. The summed E-state index contributed by atoms with van der Waals surface area (Å²) in [5.74, 6) is 0. The minimum Gasteiger partial charge on any atom is -0.376 e. The van der Waals surface area contributed by atoms with Gasteiger partial charge in [-0.25, -0.2) is 0 Å². The summed E-state index contributed by atoms with van der Waals surface area (Å²) < 4.78 is 5.85. The summed E-state index contributed by atoms with van der Waals surface area (Å²) in [4.78, 5) is 14.1. The van der Waals surface area contributed by atoms with Crippen LogP contribution in [-0.2, 0) is 4.74 Å². The molecule has 0 saturated carbocycles. The molecule has 0 spiro atoms. The lowest BCUT2D eigenvalue weighted by molar-refractivity contribution is -0.384. The molecule has 7 heteroatoms. The largest absolute Gasteiger partial charge is 0.376 e. The second-order valence-electron chi connectivity index (χ2n) is 3.71. The first-order chi connectivity index (χ1) is 8.52. The van der Waals surface area contributed by atoms with Crippen LogP contribution < -0.4 is 5.32 Å². The van der Waals surface area contributed by atoms with Gasteiger partial charge >= 0.3 is 5.69 Å². The van der Waals surface area contributed by atoms with Crippen molar-refractivity contribution in [1.82, 2.24) is 4.98 Å². The lowest BCUT2D eigenvalue weighted by Crippen LogP contribution is -2.12. The predicted molar refractivity (Wildman–Crippen MR) is 72.7 cm³/mol. The summed E-state index contributed by atoms with van der Waals surface area (Å²) in [5, 5.41) is 13.8. The fraction of sp³-hybridized carbons (Fsp3) is 0.364. The minimum absolute atomic E-state index is 0.0655. The Morgan fingerprint density at radius 3 is 3.00 bits per heavy atom. The van der Waals surface area contributed by atoms with Gasteiger partial charge in [-0.3, -0.25) is 15.1 Å². The van der Waals surface area contributed by atoms with Crippen molar-refractivity contribution in [2.75, 3.05) is 25.1 Å². The van der Waals surface area contributed by atoms with E-state index < -0.39 is 4.92 Å². The van der Waals surface area contributed by atoms with Gasteiger partial charge in [0.05, 0.1) is 22.6 Å². The zero-order valence-corrected chi connectivity index (χ0v) is 11.6. The summed E-state index contributed by atoms with van der Waals surface area (Å²) in [6.45, 7) is 6.98. The maximum Gasteiger partial charge on any atom is 0.311 e. The molecule has 0 aliphatic rings. The number of rotatable bonds is 7. The third kappa shape index (κ3) is 4.42. The van der Waals surface area contributed by atoms with E-state index in [4.69, 9.17) is 4.74 Å². The van der Waals surface area contributed by atoms with Crippen molar-refractivity contribution < 1.29 is 9.66 Å². The Labute approximate surface area is 113 Å². The third-order valence-electron chi connectivity index (χ3n) is 1.97. The summed E-state index contributed by atoms with van der Waals surface area (Å²) in [6.07, 6.45) is 2.71. The van der Waals surface area contributed by atoms with Crippen LogP contribution in [0.2, 0.25) is 0 Å². The van der Waals surface area contributed by atoms with Crippen LogP contribution in [0.15, 0.2) is 29.0 Å². The first kappa shape index (κ1) is 14.6. The lowest BCUT2D eigenvalue weighted by atomic mass is 10.3. The molecule has 0 bridgehead atoms. The van der Waals surface area contributed by atoms with Crippen LogP contribution in [0.25, 0.3) is 0 Å². The SMILES string of the molecule is C=C(C)COCCNc1c(Br)cncc1[N+](=O)[O-]. The van der Waals surface area contributed by atoms with Gasteiger partial charge in [-0.15, -0.1) is 0 Å². The molecular weight excluding hydrogens is 302 g/mol. The molecule has 6 nitrogen and oxygen atoms in total. The Balaban J connectivity index is 2.56. The van der Waals surface area contributed by atoms with Crippen molar-refractivity contribution in [3.63, 3.8) is 0 Å². The van der Waals surface area contributed by atoms with Gasteiger partial charge in [-0.2, -0.15) is 0 Å². The third-order valence-corrected chi connectivity index (χ3v) is 2.57. The molecular formula is C11H14BrN3O3. The van der Waals surface area contributed by atoms with E-state index in [-0.39, 0.29) is 5.69 Å². The molecule has 1 aromatic heterocycles. The number of ether oxygens (including phenoxy) is 1. The number of hydrogen-bond donors (Lipinski definition) is 1. The number of nitrogens with one attached hydrogen (secondary N) is 1. The Morgan fingerprint density at radius 2 is 2.39 bits per heavy atom. The molecule has 0 aromatic carbocycles. The van der Waals surface area contributed by atoms with E-state index in [2.05, 4.69) is 32.8 Å². The fourth-order valence-electron chi connectivity index (χ4n) is 1.23. The van der Waals surface area contributed by atoms with E-state index in [1.807, 2.05) is 6.92 Å². The van der Waals surface area contributed by atoms with E-state index in [0.29, 0.717) is 29.9 Å². The van der Waals surface area contributed by atoms with Crippen molar-refractivity contribution in [3.8, 4) is 0 Å². The Bertz CT molecular complexity index is 451. The van der Waals surface area contributed by atoms with E-state index >= 15 is 0 Å². The highest BCUT2D eigenvalue weighted by atomic mass is 79.9. The second kappa shape index (κ2) is 7.07. The van der Waals surface area contributed by atoms with Gasteiger partial charge < -0.3 is 10.1 Å². The Morgan fingerprint density at radius 1 is 1.67 bits per heavy atom. The molecule has 1 rings (SSSR count). The number of pyridine rings is 1. The molecule has 1 aromatic rings. The van der Waals surface area contributed by atoms with E-state index in [0.717, 1.165) is 5.57 Å². The second-order valence-corrected chi connectivity index (χ2v) is 4.56. The zero-order chi connectivity index (χ0) is 13.5. The summed E-state index contributed by atoms with van der Waals surface area (Å²) in [5.41, 5.74) is 1.28. The normalized spacial score (nSPS) is 10.1. The molecule has 1 N–H and O–H groups in total. The van der Waals surface area contributed by atoms with Crippen molar-refractivity contribution >= 4 is 27.3 Å². The van der Waals surface area contributed by atoms with Crippen molar-refractivity contribution in [2.24, 2.45) is 0 Å². The van der Waals surface area contributed by atoms with E-state index in [9.17, 15) is 10.1 Å². The van der Waals surface area contributed by atoms with Gasteiger partial charge in [0, 0.05) is 12.7 Å². The number of anilines is 1. The van der Waals surface area contributed by atoms with Crippen LogP contribution in [0.1, 0.15) is 6.92 Å². The predicted octanol–water partition coefficient (Wildman–Crippen LogP) is 2.76. The van der Waals surface area contributed by atoms with Gasteiger partial charge in [-0.05, 0) is 22.9 Å². The first-order valence-electron chi connectivity index (χ1n) is 5.26. The molecule has 0 saturated heterocycles. The highest BCUT2D eigenvalue weighted by molar-refractivity contribution is 9.10. The van der Waals surface area contributed by atoms with Crippen LogP contribution >= 0.6 is 15.9 Å². The number of aromatic nitrogens is 1. The number of hydrogen-bond acceptors (Lipinski definition) is 5. The van der Waals surface area contributed by atoms with Gasteiger partial charge in [0.25, 0.3) is 0 Å². The van der Waals surface area contributed by atoms with Gasteiger partial charge in [0.15, 0.2) is 0 Å². The van der Waals surface area contributed by atoms with Crippen molar-refractivity contribution in [3.05, 3.63) is 39.1 Å².